The second-order valence-corrected chi connectivity index (χ2v) is 4.54. The largest absolute Gasteiger partial charge is 0.478 e. The average Bonchev–Trinajstić information content (AvgIpc) is 2.57. The summed E-state index contributed by atoms with van der Waals surface area (Å²) in [6.07, 6.45) is 3.52. The zero-order chi connectivity index (χ0) is 15.6. The molecule has 0 amide bonds. The molecule has 0 aromatic carbocycles. The molecule has 6 heteroatoms. The predicted molar refractivity (Wildman–Crippen MR) is 86.7 cm³/mol. The van der Waals surface area contributed by atoms with E-state index in [1.165, 1.54) is 0 Å². The number of hydrogen-bond donors (Lipinski definition) is 2. The zero-order valence-corrected chi connectivity index (χ0v) is 12.9. The molecule has 116 valence electrons. The summed E-state index contributed by atoms with van der Waals surface area (Å²) in [4.78, 5) is 12.6. The summed E-state index contributed by atoms with van der Waals surface area (Å²) in [6.45, 7) is 3.82. The molecule has 0 atom stereocenters. The molecule has 0 unspecified atom stereocenters. The Balaban J connectivity index is 1.84. The zero-order valence-electron chi connectivity index (χ0n) is 12.9. The van der Waals surface area contributed by atoms with Crippen LogP contribution in [0.5, 0.6) is 5.88 Å². The standard InChI is InChI=1S/C16H21N5O/c1-3-22-15-10-13(7-9-19-15)11-20-16(17-2)21-12-14-6-4-5-8-18-14/h4-10H,3,11-12H2,1-2H3,(H2,17,20,21). The number of rotatable bonds is 6. The fourth-order valence-electron chi connectivity index (χ4n) is 1.87. The Bertz CT molecular complexity index is 600. The van der Waals surface area contributed by atoms with E-state index in [0.29, 0.717) is 25.6 Å². The van der Waals surface area contributed by atoms with Gasteiger partial charge in [-0.25, -0.2) is 4.98 Å². The van der Waals surface area contributed by atoms with Crippen LogP contribution in [0.15, 0.2) is 47.7 Å². The first-order valence-electron chi connectivity index (χ1n) is 7.24. The van der Waals surface area contributed by atoms with Gasteiger partial charge in [-0.3, -0.25) is 9.98 Å². The van der Waals surface area contributed by atoms with Gasteiger partial charge in [-0.2, -0.15) is 0 Å². The van der Waals surface area contributed by atoms with Gasteiger partial charge in [0.15, 0.2) is 5.96 Å². The minimum absolute atomic E-state index is 0.608. The molecule has 2 aromatic heterocycles. The van der Waals surface area contributed by atoms with E-state index in [0.717, 1.165) is 17.2 Å². The molecule has 0 aliphatic rings. The molecule has 0 saturated heterocycles. The minimum atomic E-state index is 0.608. The molecule has 0 aliphatic carbocycles. The maximum absolute atomic E-state index is 5.39. The second-order valence-electron chi connectivity index (χ2n) is 4.54. The van der Waals surface area contributed by atoms with E-state index in [4.69, 9.17) is 4.74 Å². The summed E-state index contributed by atoms with van der Waals surface area (Å²) < 4.78 is 5.39. The van der Waals surface area contributed by atoms with Crippen molar-refractivity contribution in [2.24, 2.45) is 4.99 Å². The van der Waals surface area contributed by atoms with Crippen molar-refractivity contribution >= 4 is 5.96 Å². The molecular formula is C16H21N5O. The minimum Gasteiger partial charge on any atom is -0.478 e. The highest BCUT2D eigenvalue weighted by molar-refractivity contribution is 5.79. The van der Waals surface area contributed by atoms with E-state index < -0.39 is 0 Å². The molecule has 2 heterocycles. The molecule has 22 heavy (non-hydrogen) atoms. The Morgan fingerprint density at radius 2 is 2.00 bits per heavy atom. The Morgan fingerprint density at radius 1 is 1.14 bits per heavy atom. The van der Waals surface area contributed by atoms with E-state index in [9.17, 15) is 0 Å². The number of nitrogens with one attached hydrogen (secondary N) is 2. The van der Waals surface area contributed by atoms with Gasteiger partial charge in [-0.1, -0.05) is 6.07 Å². The van der Waals surface area contributed by atoms with Crippen molar-refractivity contribution in [3.63, 3.8) is 0 Å². The van der Waals surface area contributed by atoms with Crippen LogP contribution in [0, 0.1) is 0 Å². The highest BCUT2D eigenvalue weighted by Gasteiger charge is 2.01. The summed E-state index contributed by atoms with van der Waals surface area (Å²) >= 11 is 0. The number of ether oxygens (including phenoxy) is 1. The number of hydrogen-bond acceptors (Lipinski definition) is 4. The van der Waals surface area contributed by atoms with Gasteiger partial charge in [-0.15, -0.1) is 0 Å². The predicted octanol–water partition coefficient (Wildman–Crippen LogP) is 1.74. The summed E-state index contributed by atoms with van der Waals surface area (Å²) in [6, 6.07) is 9.70. The highest BCUT2D eigenvalue weighted by Crippen LogP contribution is 2.08. The van der Waals surface area contributed by atoms with Gasteiger partial charge in [0.1, 0.15) is 0 Å². The topological polar surface area (TPSA) is 71.4 Å². The van der Waals surface area contributed by atoms with Gasteiger partial charge in [0.25, 0.3) is 0 Å². The lowest BCUT2D eigenvalue weighted by Gasteiger charge is -2.12. The number of pyridine rings is 2. The van der Waals surface area contributed by atoms with Gasteiger partial charge < -0.3 is 15.4 Å². The maximum Gasteiger partial charge on any atom is 0.213 e. The van der Waals surface area contributed by atoms with E-state index in [1.807, 2.05) is 37.3 Å². The molecular weight excluding hydrogens is 278 g/mol. The molecule has 6 nitrogen and oxygen atoms in total. The van der Waals surface area contributed by atoms with Crippen LogP contribution >= 0.6 is 0 Å². The van der Waals surface area contributed by atoms with Crippen molar-refractivity contribution in [2.45, 2.75) is 20.0 Å². The molecule has 2 N–H and O–H groups in total. The lowest BCUT2D eigenvalue weighted by molar-refractivity contribution is 0.326. The van der Waals surface area contributed by atoms with Gasteiger partial charge >= 0.3 is 0 Å². The van der Waals surface area contributed by atoms with E-state index in [1.54, 1.807) is 19.4 Å². The number of aliphatic imine (C=N–C) groups is 1. The normalized spacial score (nSPS) is 11.1. The average molecular weight is 299 g/mol. The van der Waals surface area contributed by atoms with Crippen LogP contribution in [0.4, 0.5) is 0 Å². The molecule has 0 saturated carbocycles. The Hall–Kier alpha value is -2.63. The van der Waals surface area contributed by atoms with Crippen molar-refractivity contribution in [1.29, 1.82) is 0 Å². The third-order valence-electron chi connectivity index (χ3n) is 2.94. The van der Waals surface area contributed by atoms with Crippen molar-refractivity contribution in [3.05, 3.63) is 54.0 Å². The van der Waals surface area contributed by atoms with Crippen molar-refractivity contribution in [3.8, 4) is 5.88 Å². The number of guanidine groups is 1. The summed E-state index contributed by atoms with van der Waals surface area (Å²) in [5.74, 6) is 1.36. The van der Waals surface area contributed by atoms with Crippen LogP contribution in [-0.4, -0.2) is 29.6 Å². The van der Waals surface area contributed by atoms with Crippen LogP contribution in [0.25, 0.3) is 0 Å². The van der Waals surface area contributed by atoms with Crippen LogP contribution in [0.2, 0.25) is 0 Å². The lowest BCUT2D eigenvalue weighted by atomic mass is 10.2. The van der Waals surface area contributed by atoms with Crippen molar-refractivity contribution in [2.75, 3.05) is 13.7 Å². The Labute approximate surface area is 130 Å². The van der Waals surface area contributed by atoms with Crippen LogP contribution in [0.3, 0.4) is 0 Å². The molecule has 0 spiro atoms. The van der Waals surface area contributed by atoms with Gasteiger partial charge in [0.2, 0.25) is 5.88 Å². The first-order chi connectivity index (χ1) is 10.8. The highest BCUT2D eigenvalue weighted by atomic mass is 16.5. The quantitative estimate of drug-likeness (QED) is 0.628. The fourth-order valence-corrected chi connectivity index (χ4v) is 1.87. The molecule has 0 bridgehead atoms. The van der Waals surface area contributed by atoms with Crippen molar-refractivity contribution in [1.82, 2.24) is 20.6 Å². The van der Waals surface area contributed by atoms with E-state index >= 15 is 0 Å². The number of nitrogens with zero attached hydrogens (tertiary/aromatic N) is 3. The third-order valence-corrected chi connectivity index (χ3v) is 2.94. The fraction of sp³-hybridized carbons (Fsp3) is 0.312. The number of aromatic nitrogens is 2. The van der Waals surface area contributed by atoms with Crippen LogP contribution in [0.1, 0.15) is 18.2 Å². The Morgan fingerprint density at radius 3 is 2.73 bits per heavy atom. The van der Waals surface area contributed by atoms with E-state index in [2.05, 4.69) is 25.6 Å². The second kappa shape index (κ2) is 8.61. The van der Waals surface area contributed by atoms with Crippen LogP contribution < -0.4 is 15.4 Å². The summed E-state index contributed by atoms with van der Waals surface area (Å²) in [5.41, 5.74) is 2.05. The summed E-state index contributed by atoms with van der Waals surface area (Å²) in [7, 11) is 1.74. The molecule has 0 radical (unpaired) electrons. The van der Waals surface area contributed by atoms with Gasteiger partial charge in [0.05, 0.1) is 18.8 Å². The lowest BCUT2D eigenvalue weighted by Crippen LogP contribution is -2.36. The molecule has 0 aliphatic heterocycles. The van der Waals surface area contributed by atoms with Gasteiger partial charge in [0, 0.05) is 32.1 Å². The monoisotopic (exact) mass is 299 g/mol. The first-order valence-corrected chi connectivity index (χ1v) is 7.24. The molecule has 0 fully saturated rings. The molecule has 2 aromatic rings. The van der Waals surface area contributed by atoms with Crippen LogP contribution in [-0.2, 0) is 13.1 Å². The Kier molecular flexibility index (Phi) is 6.17. The van der Waals surface area contributed by atoms with Crippen molar-refractivity contribution < 1.29 is 4.74 Å². The maximum atomic E-state index is 5.39. The van der Waals surface area contributed by atoms with E-state index in [-0.39, 0.29) is 0 Å². The molecule has 2 rings (SSSR count). The SMILES string of the molecule is CCOc1cc(CNC(=NC)NCc2ccccn2)ccn1. The first kappa shape index (κ1) is 15.8. The smallest absolute Gasteiger partial charge is 0.213 e. The summed E-state index contributed by atoms with van der Waals surface area (Å²) in [5, 5.41) is 6.48. The van der Waals surface area contributed by atoms with Gasteiger partial charge in [-0.05, 0) is 30.7 Å². The third kappa shape index (κ3) is 5.05.